The zero-order valence-corrected chi connectivity index (χ0v) is 12.1. The summed E-state index contributed by atoms with van der Waals surface area (Å²) in [5.74, 6) is 0.589. The van der Waals surface area contributed by atoms with E-state index in [0.29, 0.717) is 18.4 Å². The molecule has 1 fully saturated rings. The molecular formula is C14H20N6O. The minimum absolute atomic E-state index is 0.0129. The SMILES string of the molecule is Cn1ccc(NC(=O)CN2CCC[C@H]2Cn2cccn2)n1. The van der Waals surface area contributed by atoms with Crippen molar-refractivity contribution in [3.05, 3.63) is 30.7 Å². The summed E-state index contributed by atoms with van der Waals surface area (Å²) in [7, 11) is 1.83. The summed E-state index contributed by atoms with van der Waals surface area (Å²) >= 11 is 0. The molecular weight excluding hydrogens is 268 g/mol. The van der Waals surface area contributed by atoms with Gasteiger partial charge in [-0.3, -0.25) is 19.1 Å². The van der Waals surface area contributed by atoms with Crippen molar-refractivity contribution in [2.75, 3.05) is 18.4 Å². The van der Waals surface area contributed by atoms with Gasteiger partial charge in [-0.1, -0.05) is 0 Å². The lowest BCUT2D eigenvalue weighted by Gasteiger charge is -2.23. The molecule has 21 heavy (non-hydrogen) atoms. The highest BCUT2D eigenvalue weighted by Crippen LogP contribution is 2.18. The van der Waals surface area contributed by atoms with Crippen LogP contribution < -0.4 is 5.32 Å². The molecule has 1 amide bonds. The van der Waals surface area contributed by atoms with Gasteiger partial charge in [-0.25, -0.2) is 0 Å². The molecule has 1 atom stereocenters. The molecule has 7 nitrogen and oxygen atoms in total. The molecule has 0 aliphatic carbocycles. The molecule has 0 saturated carbocycles. The van der Waals surface area contributed by atoms with Gasteiger partial charge in [0.05, 0.1) is 13.1 Å². The monoisotopic (exact) mass is 288 g/mol. The average Bonchev–Trinajstić information content (AvgIpc) is 3.15. The highest BCUT2D eigenvalue weighted by molar-refractivity contribution is 5.91. The van der Waals surface area contributed by atoms with Crippen LogP contribution in [0, 0.1) is 0 Å². The number of aryl methyl sites for hydroxylation is 1. The molecule has 1 aliphatic heterocycles. The van der Waals surface area contributed by atoms with Crippen LogP contribution in [0.25, 0.3) is 0 Å². The Labute approximate surface area is 123 Å². The summed E-state index contributed by atoms with van der Waals surface area (Å²) in [6.07, 6.45) is 7.79. The third-order valence-corrected chi connectivity index (χ3v) is 3.78. The van der Waals surface area contributed by atoms with Crippen LogP contribution in [-0.4, -0.2) is 49.5 Å². The van der Waals surface area contributed by atoms with E-state index < -0.39 is 0 Å². The third-order valence-electron chi connectivity index (χ3n) is 3.78. The fraction of sp³-hybridized carbons (Fsp3) is 0.500. The number of rotatable bonds is 5. The number of carbonyl (C=O) groups excluding carboxylic acids is 1. The van der Waals surface area contributed by atoms with E-state index in [1.165, 1.54) is 0 Å². The minimum Gasteiger partial charge on any atom is -0.308 e. The number of amides is 1. The first kappa shape index (κ1) is 13.8. The third kappa shape index (κ3) is 3.49. The van der Waals surface area contributed by atoms with Gasteiger partial charge in [-0.05, 0) is 25.5 Å². The Hall–Kier alpha value is -2.15. The molecule has 112 valence electrons. The first-order valence-electron chi connectivity index (χ1n) is 7.22. The number of nitrogens with one attached hydrogen (secondary N) is 1. The number of carbonyl (C=O) groups is 1. The second-order valence-electron chi connectivity index (χ2n) is 5.42. The standard InChI is InChI=1S/C14H20N6O/c1-18-9-5-13(17-18)16-14(21)11-19-7-2-4-12(19)10-20-8-3-6-15-20/h3,5-6,8-9,12H,2,4,7,10-11H2,1H3,(H,16,17,21)/t12-/m0/s1. The van der Waals surface area contributed by atoms with Gasteiger partial charge in [0.2, 0.25) is 5.91 Å². The Bertz CT molecular complexity index is 590. The minimum atomic E-state index is -0.0129. The highest BCUT2D eigenvalue weighted by Gasteiger charge is 2.26. The van der Waals surface area contributed by atoms with E-state index in [1.54, 1.807) is 16.9 Å². The molecule has 1 saturated heterocycles. The summed E-state index contributed by atoms with van der Waals surface area (Å²) in [5.41, 5.74) is 0. The molecule has 2 aromatic rings. The van der Waals surface area contributed by atoms with E-state index >= 15 is 0 Å². The number of nitrogens with zero attached hydrogens (tertiary/aromatic N) is 5. The summed E-state index contributed by atoms with van der Waals surface area (Å²) in [5, 5.41) is 11.2. The molecule has 3 heterocycles. The Morgan fingerprint density at radius 3 is 3.10 bits per heavy atom. The molecule has 0 bridgehead atoms. The van der Waals surface area contributed by atoms with Crippen molar-refractivity contribution in [3.63, 3.8) is 0 Å². The summed E-state index contributed by atoms with van der Waals surface area (Å²) in [4.78, 5) is 14.3. The van der Waals surface area contributed by atoms with Crippen LogP contribution in [0.4, 0.5) is 5.82 Å². The van der Waals surface area contributed by atoms with Crippen LogP contribution in [-0.2, 0) is 18.4 Å². The van der Waals surface area contributed by atoms with Gasteiger partial charge in [0, 0.05) is 37.7 Å². The lowest BCUT2D eigenvalue weighted by atomic mass is 10.2. The second-order valence-corrected chi connectivity index (χ2v) is 5.42. The molecule has 2 aromatic heterocycles. The number of likely N-dealkylation sites (tertiary alicyclic amines) is 1. The lowest BCUT2D eigenvalue weighted by Crippen LogP contribution is -2.39. The Kier molecular flexibility index (Phi) is 4.01. The van der Waals surface area contributed by atoms with Crippen LogP contribution >= 0.6 is 0 Å². The van der Waals surface area contributed by atoms with Gasteiger partial charge >= 0.3 is 0 Å². The van der Waals surface area contributed by atoms with Crippen molar-refractivity contribution in [2.45, 2.75) is 25.4 Å². The van der Waals surface area contributed by atoms with Gasteiger partial charge in [0.15, 0.2) is 5.82 Å². The largest absolute Gasteiger partial charge is 0.308 e. The first-order chi connectivity index (χ1) is 10.2. The molecule has 0 radical (unpaired) electrons. The molecule has 1 N–H and O–H groups in total. The predicted molar refractivity (Wildman–Crippen MR) is 78.7 cm³/mol. The van der Waals surface area contributed by atoms with Gasteiger partial charge in [-0.2, -0.15) is 10.2 Å². The van der Waals surface area contributed by atoms with Crippen LogP contribution in [0.15, 0.2) is 30.7 Å². The van der Waals surface area contributed by atoms with Crippen LogP contribution in [0.2, 0.25) is 0 Å². The van der Waals surface area contributed by atoms with E-state index in [9.17, 15) is 4.79 Å². The topological polar surface area (TPSA) is 68.0 Å². The molecule has 7 heteroatoms. The fourth-order valence-electron chi connectivity index (χ4n) is 2.78. The van der Waals surface area contributed by atoms with Gasteiger partial charge in [0.1, 0.15) is 0 Å². The normalized spacial score (nSPS) is 19.0. The zero-order valence-electron chi connectivity index (χ0n) is 12.1. The maximum atomic E-state index is 12.1. The quantitative estimate of drug-likeness (QED) is 0.880. The van der Waals surface area contributed by atoms with E-state index in [1.807, 2.05) is 30.2 Å². The van der Waals surface area contributed by atoms with Crippen molar-refractivity contribution < 1.29 is 4.79 Å². The van der Waals surface area contributed by atoms with Crippen molar-refractivity contribution in [3.8, 4) is 0 Å². The first-order valence-corrected chi connectivity index (χ1v) is 7.22. The Morgan fingerprint density at radius 1 is 1.48 bits per heavy atom. The van der Waals surface area contributed by atoms with Crippen molar-refractivity contribution in [1.82, 2.24) is 24.5 Å². The van der Waals surface area contributed by atoms with Crippen molar-refractivity contribution >= 4 is 11.7 Å². The van der Waals surface area contributed by atoms with E-state index in [4.69, 9.17) is 0 Å². The van der Waals surface area contributed by atoms with Gasteiger partial charge in [-0.15, -0.1) is 0 Å². The lowest BCUT2D eigenvalue weighted by molar-refractivity contribution is -0.117. The fourth-order valence-corrected chi connectivity index (χ4v) is 2.78. The van der Waals surface area contributed by atoms with Gasteiger partial charge in [0.25, 0.3) is 0 Å². The highest BCUT2D eigenvalue weighted by atomic mass is 16.2. The zero-order chi connectivity index (χ0) is 14.7. The maximum absolute atomic E-state index is 12.1. The van der Waals surface area contributed by atoms with Gasteiger partial charge < -0.3 is 5.32 Å². The number of anilines is 1. The van der Waals surface area contributed by atoms with Crippen LogP contribution in [0.3, 0.4) is 0 Å². The number of aromatic nitrogens is 4. The van der Waals surface area contributed by atoms with E-state index in [0.717, 1.165) is 25.9 Å². The predicted octanol–water partition coefficient (Wildman–Crippen LogP) is 0.720. The van der Waals surface area contributed by atoms with Crippen LogP contribution in [0.1, 0.15) is 12.8 Å². The maximum Gasteiger partial charge on any atom is 0.239 e. The molecule has 0 aromatic carbocycles. The molecule has 0 spiro atoms. The van der Waals surface area contributed by atoms with Crippen molar-refractivity contribution in [2.24, 2.45) is 7.05 Å². The van der Waals surface area contributed by atoms with E-state index in [2.05, 4.69) is 20.4 Å². The van der Waals surface area contributed by atoms with Crippen LogP contribution in [0.5, 0.6) is 0 Å². The van der Waals surface area contributed by atoms with E-state index in [-0.39, 0.29) is 5.91 Å². The summed E-state index contributed by atoms with van der Waals surface area (Å²) < 4.78 is 3.60. The number of hydrogen-bond donors (Lipinski definition) is 1. The summed E-state index contributed by atoms with van der Waals surface area (Å²) in [6, 6.07) is 4.09. The smallest absolute Gasteiger partial charge is 0.239 e. The second kappa shape index (κ2) is 6.09. The molecule has 0 unspecified atom stereocenters. The van der Waals surface area contributed by atoms with Crippen molar-refractivity contribution in [1.29, 1.82) is 0 Å². The molecule has 3 rings (SSSR count). The average molecular weight is 288 g/mol. The molecule has 1 aliphatic rings. The summed E-state index contributed by atoms with van der Waals surface area (Å²) in [6.45, 7) is 2.20. The Morgan fingerprint density at radius 2 is 2.38 bits per heavy atom. The number of hydrogen-bond acceptors (Lipinski definition) is 4. The Balaban J connectivity index is 1.54.